The average molecular weight is 289 g/mol. The van der Waals surface area contributed by atoms with Crippen molar-refractivity contribution in [3.05, 3.63) is 35.9 Å². The number of hydrogen-bond acceptors (Lipinski definition) is 3. The van der Waals surface area contributed by atoms with E-state index in [1.807, 2.05) is 13.0 Å². The van der Waals surface area contributed by atoms with Crippen molar-refractivity contribution in [1.82, 2.24) is 4.90 Å². The molecule has 0 radical (unpaired) electrons. The first-order valence-corrected chi connectivity index (χ1v) is 8.12. The maximum Gasteiger partial charge on any atom is 0.320 e. The molecule has 3 heteroatoms. The molecule has 1 aromatic carbocycles. The lowest BCUT2D eigenvalue weighted by Gasteiger charge is -2.35. The molecular weight excluding hydrogens is 262 g/mol. The van der Waals surface area contributed by atoms with Gasteiger partial charge in [-0.3, -0.25) is 9.69 Å². The summed E-state index contributed by atoms with van der Waals surface area (Å²) in [5, 5.41) is 0. The van der Waals surface area contributed by atoms with E-state index in [0.717, 1.165) is 12.5 Å². The van der Waals surface area contributed by atoms with Gasteiger partial charge in [0.25, 0.3) is 0 Å². The number of benzene rings is 1. The van der Waals surface area contributed by atoms with E-state index in [2.05, 4.69) is 36.1 Å². The van der Waals surface area contributed by atoms with Gasteiger partial charge < -0.3 is 4.74 Å². The fraction of sp³-hybridized carbons (Fsp3) is 0.611. The third kappa shape index (κ3) is 5.16. The molecule has 116 valence electrons. The summed E-state index contributed by atoms with van der Waals surface area (Å²) in [5.41, 5.74) is 1.26. The first-order valence-electron chi connectivity index (χ1n) is 8.12. The van der Waals surface area contributed by atoms with E-state index in [4.69, 9.17) is 4.74 Å². The molecule has 21 heavy (non-hydrogen) atoms. The maximum atomic E-state index is 11.9. The molecule has 3 nitrogen and oxygen atoms in total. The van der Waals surface area contributed by atoms with Crippen molar-refractivity contribution in [2.45, 2.75) is 52.1 Å². The summed E-state index contributed by atoms with van der Waals surface area (Å²) in [6.45, 7) is 5.88. The zero-order chi connectivity index (χ0) is 15.1. The molecule has 0 bridgehead atoms. The molecule has 1 saturated carbocycles. The van der Waals surface area contributed by atoms with Gasteiger partial charge in [-0.05, 0) is 44.1 Å². The standard InChI is InChI=1S/C18H27NO2/c1-3-21-18(20)14-19(13-16-7-5-4-6-8-16)17-11-9-15(2)10-12-17/h4-8,15,17H,3,9-14H2,1-2H3. The second kappa shape index (κ2) is 8.18. The normalized spacial score (nSPS) is 22.2. The molecule has 0 unspecified atom stereocenters. The van der Waals surface area contributed by atoms with Gasteiger partial charge in [0, 0.05) is 12.6 Å². The summed E-state index contributed by atoms with van der Waals surface area (Å²) < 4.78 is 5.14. The van der Waals surface area contributed by atoms with Crippen LogP contribution in [0.15, 0.2) is 30.3 Å². The number of carbonyl (C=O) groups excluding carboxylic acids is 1. The molecule has 0 aliphatic heterocycles. The smallest absolute Gasteiger partial charge is 0.320 e. The van der Waals surface area contributed by atoms with Crippen LogP contribution in [0, 0.1) is 5.92 Å². The molecule has 1 fully saturated rings. The number of rotatable bonds is 6. The van der Waals surface area contributed by atoms with Crippen molar-refractivity contribution in [3.63, 3.8) is 0 Å². The Morgan fingerprint density at radius 1 is 1.19 bits per heavy atom. The second-order valence-corrected chi connectivity index (χ2v) is 6.11. The Hall–Kier alpha value is -1.35. The van der Waals surface area contributed by atoms with Gasteiger partial charge in [-0.25, -0.2) is 0 Å². The Bertz CT molecular complexity index is 424. The Labute approximate surface area is 128 Å². The van der Waals surface area contributed by atoms with Gasteiger partial charge in [-0.2, -0.15) is 0 Å². The van der Waals surface area contributed by atoms with Gasteiger partial charge in [0.2, 0.25) is 0 Å². The van der Waals surface area contributed by atoms with Gasteiger partial charge in [0.1, 0.15) is 0 Å². The van der Waals surface area contributed by atoms with Crippen LogP contribution in [0.4, 0.5) is 0 Å². The van der Waals surface area contributed by atoms with Crippen LogP contribution in [0.2, 0.25) is 0 Å². The summed E-state index contributed by atoms with van der Waals surface area (Å²) in [6.07, 6.45) is 4.90. The molecule has 2 rings (SSSR count). The number of esters is 1. The largest absolute Gasteiger partial charge is 0.465 e. The molecule has 0 heterocycles. The van der Waals surface area contributed by atoms with Crippen molar-refractivity contribution < 1.29 is 9.53 Å². The lowest BCUT2D eigenvalue weighted by Crippen LogP contribution is -2.41. The van der Waals surface area contributed by atoms with Crippen LogP contribution in [0.1, 0.15) is 45.1 Å². The first-order chi connectivity index (χ1) is 10.2. The highest BCUT2D eigenvalue weighted by Gasteiger charge is 2.26. The van der Waals surface area contributed by atoms with Crippen LogP contribution in [0.5, 0.6) is 0 Å². The second-order valence-electron chi connectivity index (χ2n) is 6.11. The molecule has 0 aromatic heterocycles. The minimum absolute atomic E-state index is 0.105. The van der Waals surface area contributed by atoms with Crippen LogP contribution >= 0.6 is 0 Å². The van der Waals surface area contributed by atoms with Crippen molar-refractivity contribution in [3.8, 4) is 0 Å². The van der Waals surface area contributed by atoms with Gasteiger partial charge >= 0.3 is 5.97 Å². The van der Waals surface area contributed by atoms with Crippen LogP contribution in [-0.4, -0.2) is 30.1 Å². The fourth-order valence-corrected chi connectivity index (χ4v) is 3.11. The third-order valence-electron chi connectivity index (χ3n) is 4.37. The van der Waals surface area contributed by atoms with Crippen LogP contribution in [0.3, 0.4) is 0 Å². The maximum absolute atomic E-state index is 11.9. The third-order valence-corrected chi connectivity index (χ3v) is 4.37. The van der Waals surface area contributed by atoms with Crippen molar-refractivity contribution in [2.75, 3.05) is 13.2 Å². The molecule has 0 amide bonds. The molecule has 0 atom stereocenters. The summed E-state index contributed by atoms with van der Waals surface area (Å²) >= 11 is 0. The Morgan fingerprint density at radius 2 is 1.86 bits per heavy atom. The highest BCUT2D eigenvalue weighted by atomic mass is 16.5. The van der Waals surface area contributed by atoms with E-state index in [1.54, 1.807) is 0 Å². The summed E-state index contributed by atoms with van der Waals surface area (Å²) in [6, 6.07) is 10.9. The van der Waals surface area contributed by atoms with Gasteiger partial charge in [0.05, 0.1) is 13.2 Å². The molecule has 0 N–H and O–H groups in total. The highest BCUT2D eigenvalue weighted by Crippen LogP contribution is 2.28. The SMILES string of the molecule is CCOC(=O)CN(Cc1ccccc1)C1CCC(C)CC1. The summed E-state index contributed by atoms with van der Waals surface area (Å²) in [5.74, 6) is 0.717. The predicted molar refractivity (Wildman–Crippen MR) is 84.9 cm³/mol. The molecule has 0 spiro atoms. The molecule has 1 aliphatic carbocycles. The molecule has 1 aromatic rings. The monoisotopic (exact) mass is 289 g/mol. The van der Waals surface area contributed by atoms with E-state index >= 15 is 0 Å². The van der Waals surface area contributed by atoms with Crippen molar-refractivity contribution >= 4 is 5.97 Å². The Balaban J connectivity index is 2.01. The fourth-order valence-electron chi connectivity index (χ4n) is 3.11. The molecule has 1 aliphatic rings. The zero-order valence-electron chi connectivity index (χ0n) is 13.3. The van der Waals surface area contributed by atoms with Gasteiger partial charge in [-0.1, -0.05) is 37.3 Å². The average Bonchev–Trinajstić information content (AvgIpc) is 2.49. The predicted octanol–water partition coefficient (Wildman–Crippen LogP) is 3.63. The van der Waals surface area contributed by atoms with Crippen LogP contribution < -0.4 is 0 Å². The van der Waals surface area contributed by atoms with Crippen molar-refractivity contribution in [2.24, 2.45) is 5.92 Å². The van der Waals surface area contributed by atoms with Crippen LogP contribution in [0.25, 0.3) is 0 Å². The number of nitrogens with zero attached hydrogens (tertiary/aromatic N) is 1. The van der Waals surface area contributed by atoms with Gasteiger partial charge in [0.15, 0.2) is 0 Å². The summed E-state index contributed by atoms with van der Waals surface area (Å²) in [7, 11) is 0. The minimum Gasteiger partial charge on any atom is -0.465 e. The zero-order valence-corrected chi connectivity index (χ0v) is 13.3. The van der Waals surface area contributed by atoms with E-state index in [9.17, 15) is 4.79 Å². The lowest BCUT2D eigenvalue weighted by atomic mass is 9.86. The first kappa shape index (κ1) is 16.0. The number of carbonyl (C=O) groups is 1. The Kier molecular flexibility index (Phi) is 6.24. The topological polar surface area (TPSA) is 29.5 Å². The number of hydrogen-bond donors (Lipinski definition) is 0. The lowest BCUT2D eigenvalue weighted by molar-refractivity contribution is -0.145. The quantitative estimate of drug-likeness (QED) is 0.749. The van der Waals surface area contributed by atoms with E-state index in [1.165, 1.54) is 31.2 Å². The molecular formula is C18H27NO2. The highest BCUT2D eigenvalue weighted by molar-refractivity contribution is 5.71. The summed E-state index contributed by atoms with van der Waals surface area (Å²) in [4.78, 5) is 14.2. The van der Waals surface area contributed by atoms with Gasteiger partial charge in [-0.15, -0.1) is 0 Å². The van der Waals surface area contributed by atoms with E-state index in [-0.39, 0.29) is 5.97 Å². The van der Waals surface area contributed by atoms with E-state index < -0.39 is 0 Å². The minimum atomic E-state index is -0.105. The van der Waals surface area contributed by atoms with E-state index in [0.29, 0.717) is 19.2 Å². The number of ether oxygens (including phenoxy) is 1. The van der Waals surface area contributed by atoms with Crippen LogP contribution in [-0.2, 0) is 16.1 Å². The van der Waals surface area contributed by atoms with Crippen molar-refractivity contribution in [1.29, 1.82) is 0 Å². The Morgan fingerprint density at radius 3 is 2.48 bits per heavy atom. The molecule has 0 saturated heterocycles.